The number of aliphatic hydroxyl groups is 2. The van der Waals surface area contributed by atoms with E-state index in [1.807, 2.05) is 30.3 Å². The highest BCUT2D eigenvalue weighted by Gasteiger charge is 2.73. The molecular weight excluding hydrogens is 444 g/mol. The van der Waals surface area contributed by atoms with E-state index in [1.54, 1.807) is 13.0 Å². The van der Waals surface area contributed by atoms with Crippen molar-refractivity contribution in [1.29, 1.82) is 0 Å². The maximum Gasteiger partial charge on any atom is 0.331 e. The van der Waals surface area contributed by atoms with Crippen LogP contribution in [0.2, 0.25) is 0 Å². The summed E-state index contributed by atoms with van der Waals surface area (Å²) >= 11 is 0. The third kappa shape index (κ3) is 3.36. The Kier molecular flexibility index (Phi) is 5.76. The normalized spacial score (nSPS) is 42.2. The lowest BCUT2D eigenvalue weighted by Gasteiger charge is -2.68. The number of ether oxygens (including phenoxy) is 1. The summed E-state index contributed by atoms with van der Waals surface area (Å²) in [6, 6.07) is 9.42. The molecule has 0 amide bonds. The second kappa shape index (κ2) is 8.31. The number of carbonyl (C=O) groups excluding carboxylic acids is 1. The Labute approximate surface area is 206 Å². The number of hydrogen-bond donors (Lipinski definition) is 3. The zero-order chi connectivity index (χ0) is 25.1. The minimum atomic E-state index is -1.31. The topological polar surface area (TPSA) is 104 Å². The molecule has 2 unspecified atom stereocenters. The van der Waals surface area contributed by atoms with Gasteiger partial charge < -0.3 is 20.1 Å². The number of benzene rings is 1. The van der Waals surface area contributed by atoms with Crippen molar-refractivity contribution in [1.82, 2.24) is 0 Å². The third-order valence-corrected chi connectivity index (χ3v) is 10.3. The Hall–Kier alpha value is -2.44. The van der Waals surface area contributed by atoms with E-state index in [-0.39, 0.29) is 12.5 Å². The minimum absolute atomic E-state index is 0.0179. The summed E-state index contributed by atoms with van der Waals surface area (Å²) in [7, 11) is 0. The molecular formula is C29H36O6. The average molecular weight is 481 g/mol. The summed E-state index contributed by atoms with van der Waals surface area (Å²) < 4.78 is 5.81. The van der Waals surface area contributed by atoms with Crippen LogP contribution >= 0.6 is 0 Å². The summed E-state index contributed by atoms with van der Waals surface area (Å²) in [4.78, 5) is 25.5. The van der Waals surface area contributed by atoms with Gasteiger partial charge in [-0.05, 0) is 80.9 Å². The molecule has 2 bridgehead atoms. The number of aliphatic hydroxyl groups excluding tert-OH is 1. The summed E-state index contributed by atoms with van der Waals surface area (Å²) in [5.41, 5.74) is -1.51. The van der Waals surface area contributed by atoms with Gasteiger partial charge in [-0.15, -0.1) is 0 Å². The fourth-order valence-electron chi connectivity index (χ4n) is 8.40. The Morgan fingerprint density at radius 2 is 1.83 bits per heavy atom. The first-order chi connectivity index (χ1) is 16.6. The van der Waals surface area contributed by atoms with E-state index in [0.717, 1.165) is 24.0 Å². The minimum Gasteiger partial charge on any atom is -0.481 e. The van der Waals surface area contributed by atoms with Gasteiger partial charge in [-0.2, -0.15) is 0 Å². The first-order valence-corrected chi connectivity index (χ1v) is 12.8. The first-order valence-electron chi connectivity index (χ1n) is 12.8. The predicted octanol–water partition coefficient (Wildman–Crippen LogP) is 4.36. The molecule has 7 atom stereocenters. The molecule has 4 aliphatic carbocycles. The SMILES string of the molecule is C[C@@]1(C(=O)O)C(OC(=O)/C=C/c2ccccc2)CC[C@]2(C)[C@@H]1CC[C@]13C=C(CO)C(CC[C@]12O)C3. The van der Waals surface area contributed by atoms with Gasteiger partial charge in [-0.1, -0.05) is 43.3 Å². The largest absolute Gasteiger partial charge is 0.481 e. The number of rotatable bonds is 5. The van der Waals surface area contributed by atoms with Crippen molar-refractivity contribution in [2.75, 3.05) is 6.61 Å². The molecule has 6 nitrogen and oxygen atoms in total. The van der Waals surface area contributed by atoms with Gasteiger partial charge in [-0.25, -0.2) is 4.79 Å². The van der Waals surface area contributed by atoms with Crippen LogP contribution in [0.3, 0.4) is 0 Å². The van der Waals surface area contributed by atoms with Crippen molar-refractivity contribution in [3.8, 4) is 0 Å². The number of carboxylic acids is 1. The number of aliphatic carboxylic acids is 1. The van der Waals surface area contributed by atoms with Gasteiger partial charge in [0.1, 0.15) is 11.5 Å². The van der Waals surface area contributed by atoms with E-state index < -0.39 is 39.9 Å². The van der Waals surface area contributed by atoms with E-state index in [0.29, 0.717) is 38.0 Å². The second-order valence-electron chi connectivity index (χ2n) is 11.6. The molecule has 1 aromatic rings. The Morgan fingerprint density at radius 1 is 1.09 bits per heavy atom. The van der Waals surface area contributed by atoms with E-state index in [1.165, 1.54) is 6.08 Å². The lowest BCUT2D eigenvalue weighted by molar-refractivity contribution is -0.268. The molecule has 0 aliphatic heterocycles. The van der Waals surface area contributed by atoms with Crippen molar-refractivity contribution >= 4 is 18.0 Å². The number of carboxylic acid groups (broad SMARTS) is 1. The molecule has 0 radical (unpaired) electrons. The Balaban J connectivity index is 1.44. The van der Waals surface area contributed by atoms with E-state index in [2.05, 4.69) is 13.0 Å². The molecule has 4 aliphatic rings. The standard InChI is InChI=1S/C29H36O6/c1-26-13-12-23(35-24(31)9-8-19-6-4-3-5-7-19)27(2,25(32)33)22(26)11-14-28-16-20(21(17-28)18-30)10-15-29(26,28)34/h3-9,17,20,22-23,30,34H,10-16,18H2,1-2H3,(H,32,33)/b9-8+/t20?,22-,23?,26+,27-,28-,29+/m0/s1. The fourth-order valence-corrected chi connectivity index (χ4v) is 8.40. The zero-order valence-corrected chi connectivity index (χ0v) is 20.6. The first kappa shape index (κ1) is 24.3. The van der Waals surface area contributed by atoms with Crippen LogP contribution in [0.15, 0.2) is 48.1 Å². The molecule has 3 fully saturated rings. The maximum atomic E-state index is 12.8. The molecule has 188 valence electrons. The fraction of sp³-hybridized carbons (Fsp3) is 0.586. The summed E-state index contributed by atoms with van der Waals surface area (Å²) in [6.45, 7) is 3.77. The zero-order valence-electron chi connectivity index (χ0n) is 20.6. The van der Waals surface area contributed by atoms with Crippen LogP contribution in [0.4, 0.5) is 0 Å². The molecule has 1 spiro atoms. The number of hydrogen-bond acceptors (Lipinski definition) is 5. The van der Waals surface area contributed by atoms with Gasteiger partial charge in [0.2, 0.25) is 0 Å². The molecule has 0 heterocycles. The number of esters is 1. The Bertz CT molecular complexity index is 1080. The third-order valence-electron chi connectivity index (χ3n) is 10.3. The monoisotopic (exact) mass is 480 g/mol. The molecule has 6 heteroatoms. The van der Waals surface area contributed by atoms with Gasteiger partial charge in [0.15, 0.2) is 0 Å². The second-order valence-corrected chi connectivity index (χ2v) is 11.6. The van der Waals surface area contributed by atoms with Crippen LogP contribution in [0.5, 0.6) is 0 Å². The van der Waals surface area contributed by atoms with Gasteiger partial charge >= 0.3 is 11.9 Å². The lowest BCUT2D eigenvalue weighted by atomic mass is 9.38. The predicted molar refractivity (Wildman–Crippen MR) is 131 cm³/mol. The molecule has 5 rings (SSSR count). The molecule has 3 saturated carbocycles. The van der Waals surface area contributed by atoms with Crippen LogP contribution in [0, 0.1) is 28.1 Å². The number of fused-ring (bicyclic) bond motifs is 3. The van der Waals surface area contributed by atoms with Gasteiger partial charge in [0, 0.05) is 16.9 Å². The summed E-state index contributed by atoms with van der Waals surface area (Å²) in [5, 5.41) is 32.8. The maximum absolute atomic E-state index is 12.8. The molecule has 0 saturated heterocycles. The van der Waals surface area contributed by atoms with Gasteiger partial charge in [0.25, 0.3) is 0 Å². The van der Waals surface area contributed by atoms with Crippen LogP contribution in [0.25, 0.3) is 6.08 Å². The quantitative estimate of drug-likeness (QED) is 0.329. The van der Waals surface area contributed by atoms with Gasteiger partial charge in [-0.3, -0.25) is 4.79 Å². The van der Waals surface area contributed by atoms with Crippen molar-refractivity contribution < 1.29 is 29.6 Å². The average Bonchev–Trinajstić information content (AvgIpc) is 3.16. The molecule has 35 heavy (non-hydrogen) atoms. The summed E-state index contributed by atoms with van der Waals surface area (Å²) in [5.74, 6) is -1.56. The molecule has 1 aromatic carbocycles. The van der Waals surface area contributed by atoms with Crippen molar-refractivity contribution in [2.45, 2.75) is 70.5 Å². The Morgan fingerprint density at radius 3 is 2.51 bits per heavy atom. The summed E-state index contributed by atoms with van der Waals surface area (Å²) in [6.07, 6.45) is 8.92. The van der Waals surface area contributed by atoms with Crippen LogP contribution in [0.1, 0.15) is 64.4 Å². The lowest BCUT2D eigenvalue weighted by Crippen LogP contribution is -2.71. The van der Waals surface area contributed by atoms with Crippen LogP contribution in [-0.2, 0) is 14.3 Å². The highest BCUT2D eigenvalue weighted by atomic mass is 16.5. The van der Waals surface area contributed by atoms with Crippen molar-refractivity contribution in [3.05, 3.63) is 53.6 Å². The van der Waals surface area contributed by atoms with E-state index >= 15 is 0 Å². The van der Waals surface area contributed by atoms with Crippen molar-refractivity contribution in [3.63, 3.8) is 0 Å². The smallest absolute Gasteiger partial charge is 0.331 e. The molecule has 0 aromatic heterocycles. The van der Waals surface area contributed by atoms with E-state index in [9.17, 15) is 24.9 Å². The van der Waals surface area contributed by atoms with Gasteiger partial charge in [0.05, 0.1) is 12.2 Å². The van der Waals surface area contributed by atoms with Crippen LogP contribution < -0.4 is 0 Å². The highest BCUT2D eigenvalue weighted by Crippen LogP contribution is 2.72. The van der Waals surface area contributed by atoms with E-state index in [4.69, 9.17) is 4.74 Å². The highest BCUT2D eigenvalue weighted by molar-refractivity contribution is 5.87. The number of carbonyl (C=O) groups is 2. The van der Waals surface area contributed by atoms with Crippen molar-refractivity contribution in [2.24, 2.45) is 28.1 Å². The molecule has 3 N–H and O–H groups in total. The van der Waals surface area contributed by atoms with Crippen LogP contribution in [-0.4, -0.2) is 45.6 Å².